The Labute approximate surface area is 166 Å². The summed E-state index contributed by atoms with van der Waals surface area (Å²) in [5, 5.41) is 8.03. The average molecular weight is 398 g/mol. The Kier molecular flexibility index (Phi) is 4.91. The van der Waals surface area contributed by atoms with Crippen molar-refractivity contribution in [3.05, 3.63) is 39.9 Å². The number of likely N-dealkylation sites (tertiary alicyclic amines) is 1. The Hall–Kier alpha value is -3.43. The maximum absolute atomic E-state index is 13.1. The van der Waals surface area contributed by atoms with Crippen LogP contribution in [-0.4, -0.2) is 62.6 Å². The molecule has 0 saturated carbocycles. The first-order valence-electron chi connectivity index (χ1n) is 9.35. The first-order chi connectivity index (χ1) is 14.0. The Balaban J connectivity index is 1.60. The molecule has 10 nitrogen and oxygen atoms in total. The van der Waals surface area contributed by atoms with Gasteiger partial charge in [-0.25, -0.2) is 9.67 Å². The van der Waals surface area contributed by atoms with Crippen LogP contribution in [0.15, 0.2) is 23.0 Å². The van der Waals surface area contributed by atoms with Crippen LogP contribution in [0, 0.1) is 6.92 Å². The number of ether oxygens (including phenoxy) is 2. The first kappa shape index (κ1) is 18.9. The molecule has 1 aliphatic heterocycles. The summed E-state index contributed by atoms with van der Waals surface area (Å²) >= 11 is 0. The van der Waals surface area contributed by atoms with E-state index in [1.54, 1.807) is 36.9 Å². The van der Waals surface area contributed by atoms with Crippen molar-refractivity contribution >= 4 is 17.1 Å². The van der Waals surface area contributed by atoms with Crippen molar-refractivity contribution in [1.29, 1.82) is 0 Å². The van der Waals surface area contributed by atoms with E-state index in [9.17, 15) is 9.59 Å². The molecule has 10 heteroatoms. The van der Waals surface area contributed by atoms with Crippen LogP contribution in [0.4, 0.5) is 0 Å². The van der Waals surface area contributed by atoms with E-state index in [0.717, 1.165) is 12.8 Å². The SMILES string of the molecule is COc1ccc(C(=O)N2CCC[C@@H]2Cn2nnc3c(=O)[nH]c(C)nc32)cc1OC. The maximum Gasteiger partial charge on any atom is 0.281 e. The van der Waals surface area contributed by atoms with Gasteiger partial charge >= 0.3 is 0 Å². The fraction of sp³-hybridized carbons (Fsp3) is 0.421. The molecule has 0 radical (unpaired) electrons. The van der Waals surface area contributed by atoms with Crippen molar-refractivity contribution in [2.45, 2.75) is 32.4 Å². The highest BCUT2D eigenvalue weighted by Gasteiger charge is 2.31. The van der Waals surface area contributed by atoms with Crippen molar-refractivity contribution < 1.29 is 14.3 Å². The second-order valence-electron chi connectivity index (χ2n) is 6.96. The summed E-state index contributed by atoms with van der Waals surface area (Å²) < 4.78 is 12.2. The molecule has 0 bridgehead atoms. The smallest absolute Gasteiger partial charge is 0.281 e. The van der Waals surface area contributed by atoms with Gasteiger partial charge < -0.3 is 19.4 Å². The summed E-state index contributed by atoms with van der Waals surface area (Å²) in [5.41, 5.74) is 0.842. The lowest BCUT2D eigenvalue weighted by molar-refractivity contribution is 0.0721. The molecule has 3 aromatic rings. The third-order valence-corrected chi connectivity index (χ3v) is 5.14. The van der Waals surface area contributed by atoms with Crippen LogP contribution in [0.25, 0.3) is 11.2 Å². The molecule has 152 valence electrons. The molecule has 1 amide bonds. The molecular weight excluding hydrogens is 376 g/mol. The number of nitrogens with zero attached hydrogens (tertiary/aromatic N) is 5. The van der Waals surface area contributed by atoms with Gasteiger partial charge in [0.05, 0.1) is 26.8 Å². The molecule has 0 unspecified atom stereocenters. The van der Waals surface area contributed by atoms with Crippen LogP contribution in [0.2, 0.25) is 0 Å². The third kappa shape index (κ3) is 3.41. The minimum Gasteiger partial charge on any atom is -0.493 e. The van der Waals surface area contributed by atoms with Gasteiger partial charge in [-0.1, -0.05) is 5.21 Å². The van der Waals surface area contributed by atoms with Crippen LogP contribution in [-0.2, 0) is 6.54 Å². The van der Waals surface area contributed by atoms with E-state index in [-0.39, 0.29) is 23.0 Å². The number of hydrogen-bond donors (Lipinski definition) is 1. The zero-order valence-corrected chi connectivity index (χ0v) is 16.5. The van der Waals surface area contributed by atoms with E-state index in [2.05, 4.69) is 20.3 Å². The number of rotatable bonds is 5. The molecule has 4 rings (SSSR count). The minimum atomic E-state index is -0.316. The predicted octanol–water partition coefficient (Wildman–Crippen LogP) is 1.15. The zero-order chi connectivity index (χ0) is 20.5. The molecule has 1 fully saturated rings. The maximum atomic E-state index is 13.1. The van der Waals surface area contributed by atoms with Gasteiger partial charge in [-0.05, 0) is 38.0 Å². The summed E-state index contributed by atoms with van der Waals surface area (Å²) in [6, 6.07) is 5.07. The summed E-state index contributed by atoms with van der Waals surface area (Å²) in [7, 11) is 3.09. The molecule has 1 N–H and O–H groups in total. The predicted molar refractivity (Wildman–Crippen MR) is 104 cm³/mol. The van der Waals surface area contributed by atoms with E-state index < -0.39 is 0 Å². The zero-order valence-electron chi connectivity index (χ0n) is 16.5. The molecular formula is C19H22N6O4. The van der Waals surface area contributed by atoms with Gasteiger partial charge in [-0.15, -0.1) is 5.10 Å². The first-order valence-corrected chi connectivity index (χ1v) is 9.35. The monoisotopic (exact) mass is 398 g/mol. The normalized spacial score (nSPS) is 16.4. The van der Waals surface area contributed by atoms with Crippen molar-refractivity contribution in [2.75, 3.05) is 20.8 Å². The van der Waals surface area contributed by atoms with Gasteiger partial charge in [-0.3, -0.25) is 9.59 Å². The van der Waals surface area contributed by atoms with Gasteiger partial charge in [-0.2, -0.15) is 0 Å². The number of carbonyl (C=O) groups excluding carboxylic acids is 1. The number of fused-ring (bicyclic) bond motifs is 1. The fourth-order valence-electron chi connectivity index (χ4n) is 3.73. The van der Waals surface area contributed by atoms with E-state index in [1.807, 2.05) is 4.90 Å². The van der Waals surface area contributed by atoms with Crippen LogP contribution in [0.1, 0.15) is 29.0 Å². The molecule has 0 aliphatic carbocycles. The fourth-order valence-corrected chi connectivity index (χ4v) is 3.73. The largest absolute Gasteiger partial charge is 0.493 e. The van der Waals surface area contributed by atoms with Crippen molar-refractivity contribution in [3.63, 3.8) is 0 Å². The van der Waals surface area contributed by atoms with E-state index in [4.69, 9.17) is 9.47 Å². The number of nitrogens with one attached hydrogen (secondary N) is 1. The van der Waals surface area contributed by atoms with Crippen LogP contribution < -0.4 is 15.0 Å². The number of aromatic amines is 1. The van der Waals surface area contributed by atoms with Crippen molar-refractivity contribution in [2.24, 2.45) is 0 Å². The lowest BCUT2D eigenvalue weighted by atomic mass is 10.1. The second kappa shape index (κ2) is 7.53. The molecule has 1 atom stereocenters. The van der Waals surface area contributed by atoms with Crippen LogP contribution >= 0.6 is 0 Å². The van der Waals surface area contributed by atoms with Crippen molar-refractivity contribution in [3.8, 4) is 11.5 Å². The van der Waals surface area contributed by atoms with Gasteiger partial charge in [0.25, 0.3) is 11.5 Å². The van der Waals surface area contributed by atoms with Gasteiger partial charge in [0.1, 0.15) is 5.82 Å². The number of aromatic nitrogens is 5. The third-order valence-electron chi connectivity index (χ3n) is 5.14. The Morgan fingerprint density at radius 1 is 1.28 bits per heavy atom. The summed E-state index contributed by atoms with van der Waals surface area (Å²) in [6.45, 7) is 2.78. The highest BCUT2D eigenvalue weighted by Crippen LogP contribution is 2.29. The number of hydrogen-bond acceptors (Lipinski definition) is 7. The Morgan fingerprint density at radius 3 is 2.83 bits per heavy atom. The molecule has 1 aliphatic rings. The molecule has 2 aromatic heterocycles. The Morgan fingerprint density at radius 2 is 2.07 bits per heavy atom. The minimum absolute atomic E-state index is 0.0677. The molecule has 3 heterocycles. The van der Waals surface area contributed by atoms with Crippen molar-refractivity contribution in [1.82, 2.24) is 29.9 Å². The highest BCUT2D eigenvalue weighted by molar-refractivity contribution is 5.95. The quantitative estimate of drug-likeness (QED) is 0.685. The van der Waals surface area contributed by atoms with Gasteiger partial charge in [0, 0.05) is 12.1 Å². The van der Waals surface area contributed by atoms with Gasteiger partial charge in [0.15, 0.2) is 22.7 Å². The Bertz CT molecular complexity index is 1120. The standard InChI is InChI=1S/C19H22N6O4/c1-11-20-17-16(18(26)21-11)22-23-25(17)10-13-5-4-8-24(13)19(27)12-6-7-14(28-2)15(9-12)29-3/h6-7,9,13H,4-5,8,10H2,1-3H3,(H,20,21,26)/t13-/m1/s1. The van der Waals surface area contributed by atoms with Crippen LogP contribution in [0.5, 0.6) is 11.5 Å². The summed E-state index contributed by atoms with van der Waals surface area (Å²) in [6.07, 6.45) is 1.73. The van der Waals surface area contributed by atoms with E-state index in [0.29, 0.717) is 41.6 Å². The number of H-pyrrole nitrogens is 1. The van der Waals surface area contributed by atoms with E-state index >= 15 is 0 Å². The molecule has 0 spiro atoms. The topological polar surface area (TPSA) is 115 Å². The molecule has 1 saturated heterocycles. The second-order valence-corrected chi connectivity index (χ2v) is 6.96. The van der Waals surface area contributed by atoms with Gasteiger partial charge in [0.2, 0.25) is 0 Å². The average Bonchev–Trinajstić information content (AvgIpc) is 3.34. The molecule has 1 aromatic carbocycles. The summed E-state index contributed by atoms with van der Waals surface area (Å²) in [4.78, 5) is 34.0. The number of carbonyl (C=O) groups is 1. The lowest BCUT2D eigenvalue weighted by Gasteiger charge is -2.25. The lowest BCUT2D eigenvalue weighted by Crippen LogP contribution is -2.38. The number of benzene rings is 1. The van der Waals surface area contributed by atoms with Crippen LogP contribution in [0.3, 0.4) is 0 Å². The number of amides is 1. The van der Waals surface area contributed by atoms with E-state index in [1.165, 1.54) is 7.11 Å². The summed E-state index contributed by atoms with van der Waals surface area (Å²) in [5.74, 6) is 1.49. The number of methoxy groups -OCH3 is 2. The number of aryl methyl sites for hydroxylation is 1. The molecule has 29 heavy (non-hydrogen) atoms. The highest BCUT2D eigenvalue weighted by atomic mass is 16.5.